The summed E-state index contributed by atoms with van der Waals surface area (Å²) in [6.45, 7) is 6.84. The van der Waals surface area contributed by atoms with Gasteiger partial charge in [-0.15, -0.1) is 0 Å². The average Bonchev–Trinajstić information content (AvgIpc) is 2.23. The number of nitrogens with zero attached hydrogens (tertiary/aromatic N) is 1. The fourth-order valence-electron chi connectivity index (χ4n) is 2.77. The van der Waals surface area contributed by atoms with Crippen LogP contribution in [0.5, 0.6) is 0 Å². The van der Waals surface area contributed by atoms with Gasteiger partial charge < -0.3 is 0 Å². The first-order chi connectivity index (χ1) is 7.09. The van der Waals surface area contributed by atoms with Crippen LogP contribution in [0.15, 0.2) is 12.2 Å². The second-order valence-electron chi connectivity index (χ2n) is 5.44. The van der Waals surface area contributed by atoms with Gasteiger partial charge in [0.05, 0.1) is 0 Å². The Morgan fingerprint density at radius 3 is 2.60 bits per heavy atom. The molecule has 2 rings (SSSR count). The molecule has 1 atom stereocenters. The van der Waals surface area contributed by atoms with Gasteiger partial charge in [0.15, 0.2) is 5.78 Å². The predicted octanol–water partition coefficient (Wildman–Crippen LogP) is 2.40. The molecule has 2 aliphatic rings. The Morgan fingerprint density at radius 1 is 1.27 bits per heavy atom. The van der Waals surface area contributed by atoms with Crippen molar-refractivity contribution in [3.63, 3.8) is 0 Å². The van der Waals surface area contributed by atoms with Crippen molar-refractivity contribution < 1.29 is 4.79 Å². The quantitative estimate of drug-likeness (QED) is 0.658. The Balaban J connectivity index is 2.12. The third-order valence-corrected chi connectivity index (χ3v) is 3.78. The van der Waals surface area contributed by atoms with Crippen LogP contribution in [0.4, 0.5) is 0 Å². The molecule has 1 unspecified atom stereocenters. The van der Waals surface area contributed by atoms with Crippen molar-refractivity contribution in [3.8, 4) is 0 Å². The zero-order chi connectivity index (χ0) is 10.9. The molecule has 1 fully saturated rings. The Bertz CT molecular complexity index is 274. The Kier molecular flexibility index (Phi) is 2.96. The van der Waals surface area contributed by atoms with E-state index in [1.54, 1.807) is 6.08 Å². The molecule has 0 aromatic carbocycles. The number of likely N-dealkylation sites (tertiary alicyclic amines) is 1. The van der Waals surface area contributed by atoms with E-state index in [2.05, 4.69) is 24.8 Å². The maximum absolute atomic E-state index is 11.5. The molecule has 1 saturated heterocycles. The van der Waals surface area contributed by atoms with E-state index in [9.17, 15) is 4.79 Å². The number of hydrogen-bond acceptors (Lipinski definition) is 2. The average molecular weight is 207 g/mol. The number of ketones is 1. The SMILES string of the molecule is CC1(C)C=CC(=O)CC1N1CCCCC1. The number of carbonyl (C=O) groups excluding carboxylic acids is 1. The molecule has 84 valence electrons. The van der Waals surface area contributed by atoms with E-state index in [-0.39, 0.29) is 5.41 Å². The third kappa shape index (κ3) is 2.31. The number of piperidine rings is 1. The molecule has 0 amide bonds. The van der Waals surface area contributed by atoms with E-state index in [1.165, 1.54) is 32.4 Å². The summed E-state index contributed by atoms with van der Waals surface area (Å²) >= 11 is 0. The van der Waals surface area contributed by atoms with Crippen LogP contribution >= 0.6 is 0 Å². The monoisotopic (exact) mass is 207 g/mol. The van der Waals surface area contributed by atoms with Gasteiger partial charge in [0.25, 0.3) is 0 Å². The summed E-state index contributed by atoms with van der Waals surface area (Å²) in [7, 11) is 0. The molecule has 0 aromatic rings. The molecule has 15 heavy (non-hydrogen) atoms. The van der Waals surface area contributed by atoms with Crippen LogP contribution in [0, 0.1) is 5.41 Å². The van der Waals surface area contributed by atoms with Crippen LogP contribution in [0.1, 0.15) is 39.5 Å². The lowest BCUT2D eigenvalue weighted by Gasteiger charge is -2.43. The van der Waals surface area contributed by atoms with Gasteiger partial charge in [0.2, 0.25) is 0 Å². The van der Waals surface area contributed by atoms with Gasteiger partial charge in [-0.2, -0.15) is 0 Å². The molecule has 1 aliphatic heterocycles. The van der Waals surface area contributed by atoms with E-state index in [4.69, 9.17) is 0 Å². The molecule has 1 heterocycles. The maximum Gasteiger partial charge on any atom is 0.156 e. The van der Waals surface area contributed by atoms with Crippen LogP contribution in [-0.2, 0) is 4.79 Å². The highest BCUT2D eigenvalue weighted by Gasteiger charge is 2.36. The normalized spacial score (nSPS) is 31.9. The first kappa shape index (κ1) is 10.9. The van der Waals surface area contributed by atoms with Crippen molar-refractivity contribution in [2.45, 2.75) is 45.6 Å². The van der Waals surface area contributed by atoms with E-state index >= 15 is 0 Å². The van der Waals surface area contributed by atoms with Gasteiger partial charge in [-0.3, -0.25) is 9.69 Å². The van der Waals surface area contributed by atoms with Gasteiger partial charge in [-0.25, -0.2) is 0 Å². The summed E-state index contributed by atoms with van der Waals surface area (Å²) < 4.78 is 0. The van der Waals surface area contributed by atoms with Crippen LogP contribution in [0.3, 0.4) is 0 Å². The van der Waals surface area contributed by atoms with Gasteiger partial charge in [0, 0.05) is 12.5 Å². The molecule has 0 bridgehead atoms. The lowest BCUT2D eigenvalue weighted by atomic mass is 9.76. The number of hydrogen-bond donors (Lipinski definition) is 0. The zero-order valence-electron chi connectivity index (χ0n) is 9.83. The number of allylic oxidation sites excluding steroid dienone is 1. The fraction of sp³-hybridized carbons (Fsp3) is 0.769. The molecule has 0 saturated carbocycles. The fourth-order valence-corrected chi connectivity index (χ4v) is 2.77. The summed E-state index contributed by atoms with van der Waals surface area (Å²) in [5.74, 6) is 0.296. The minimum atomic E-state index is 0.158. The molecule has 2 heteroatoms. The predicted molar refractivity (Wildman–Crippen MR) is 61.8 cm³/mol. The first-order valence-corrected chi connectivity index (χ1v) is 6.06. The van der Waals surface area contributed by atoms with Crippen LogP contribution in [-0.4, -0.2) is 29.8 Å². The standard InChI is InChI=1S/C13H21NO/c1-13(2)7-6-11(15)10-12(13)14-8-4-3-5-9-14/h6-7,12H,3-5,8-10H2,1-2H3. The van der Waals surface area contributed by atoms with E-state index in [0.717, 1.165) is 0 Å². The smallest absolute Gasteiger partial charge is 0.156 e. The zero-order valence-corrected chi connectivity index (χ0v) is 9.83. The Morgan fingerprint density at radius 2 is 1.93 bits per heavy atom. The van der Waals surface area contributed by atoms with E-state index in [1.807, 2.05) is 0 Å². The van der Waals surface area contributed by atoms with Crippen molar-refractivity contribution >= 4 is 5.78 Å². The van der Waals surface area contributed by atoms with Crippen molar-refractivity contribution in [1.29, 1.82) is 0 Å². The molecule has 0 spiro atoms. The highest BCUT2D eigenvalue weighted by atomic mass is 16.1. The Hall–Kier alpha value is -0.630. The lowest BCUT2D eigenvalue weighted by molar-refractivity contribution is -0.117. The molecule has 2 nitrogen and oxygen atoms in total. The van der Waals surface area contributed by atoms with Crippen molar-refractivity contribution in [2.24, 2.45) is 5.41 Å². The summed E-state index contributed by atoms with van der Waals surface area (Å²) in [5.41, 5.74) is 0.158. The van der Waals surface area contributed by atoms with Crippen molar-refractivity contribution in [1.82, 2.24) is 4.90 Å². The Labute approximate surface area is 92.3 Å². The minimum absolute atomic E-state index is 0.158. The topological polar surface area (TPSA) is 20.3 Å². The second kappa shape index (κ2) is 4.09. The minimum Gasteiger partial charge on any atom is -0.299 e. The van der Waals surface area contributed by atoms with Crippen LogP contribution in [0.25, 0.3) is 0 Å². The second-order valence-corrected chi connectivity index (χ2v) is 5.44. The van der Waals surface area contributed by atoms with E-state index in [0.29, 0.717) is 18.2 Å². The summed E-state index contributed by atoms with van der Waals surface area (Å²) in [4.78, 5) is 14.0. The highest BCUT2D eigenvalue weighted by Crippen LogP contribution is 2.34. The number of carbonyl (C=O) groups is 1. The first-order valence-electron chi connectivity index (χ1n) is 6.06. The van der Waals surface area contributed by atoms with Gasteiger partial charge in [-0.1, -0.05) is 26.3 Å². The number of rotatable bonds is 1. The highest BCUT2D eigenvalue weighted by molar-refractivity contribution is 5.91. The third-order valence-electron chi connectivity index (χ3n) is 3.78. The molecule has 0 aromatic heterocycles. The summed E-state index contributed by atoms with van der Waals surface area (Å²) in [6, 6.07) is 0.426. The van der Waals surface area contributed by atoms with Crippen LogP contribution in [0.2, 0.25) is 0 Å². The largest absolute Gasteiger partial charge is 0.299 e. The molecule has 0 radical (unpaired) electrons. The van der Waals surface area contributed by atoms with Crippen molar-refractivity contribution in [2.75, 3.05) is 13.1 Å². The lowest BCUT2D eigenvalue weighted by Crippen LogP contribution is -2.49. The van der Waals surface area contributed by atoms with Gasteiger partial charge >= 0.3 is 0 Å². The summed E-state index contributed by atoms with van der Waals surface area (Å²) in [6.07, 6.45) is 8.52. The molecule has 1 aliphatic carbocycles. The van der Waals surface area contributed by atoms with E-state index < -0.39 is 0 Å². The van der Waals surface area contributed by atoms with Crippen molar-refractivity contribution in [3.05, 3.63) is 12.2 Å². The van der Waals surface area contributed by atoms with Gasteiger partial charge in [-0.05, 0) is 37.4 Å². The molecule has 0 N–H and O–H groups in total. The molecular weight excluding hydrogens is 186 g/mol. The van der Waals surface area contributed by atoms with Crippen LogP contribution < -0.4 is 0 Å². The maximum atomic E-state index is 11.5. The van der Waals surface area contributed by atoms with Gasteiger partial charge in [0.1, 0.15) is 0 Å². The summed E-state index contributed by atoms with van der Waals surface area (Å²) in [5, 5.41) is 0. The molecular formula is C13H21NO.